The topological polar surface area (TPSA) is 52.5 Å². The van der Waals surface area contributed by atoms with Crippen molar-refractivity contribution in [3.8, 4) is 5.75 Å². The number of carbonyl (C=O) groups is 1. The van der Waals surface area contributed by atoms with Gasteiger partial charge in [0, 0.05) is 49.0 Å². The van der Waals surface area contributed by atoms with Gasteiger partial charge < -0.3 is 19.4 Å². The molecular formula is C25H29FN2O3. The third kappa shape index (κ3) is 4.04. The molecule has 6 heteroatoms. The van der Waals surface area contributed by atoms with E-state index in [1.807, 2.05) is 32.2 Å². The maximum Gasteiger partial charge on any atom is 0.231 e. The fourth-order valence-corrected chi connectivity index (χ4v) is 4.67. The lowest BCUT2D eigenvalue weighted by Gasteiger charge is -2.37. The van der Waals surface area contributed by atoms with Gasteiger partial charge in [-0.1, -0.05) is 18.2 Å². The van der Waals surface area contributed by atoms with Gasteiger partial charge in [0.05, 0.1) is 12.5 Å². The Morgan fingerprint density at radius 1 is 1.26 bits per heavy atom. The van der Waals surface area contributed by atoms with E-state index in [2.05, 4.69) is 16.1 Å². The normalized spacial score (nSPS) is 16.8. The molecule has 2 aromatic carbocycles. The lowest BCUT2D eigenvalue weighted by Crippen LogP contribution is -2.51. The van der Waals surface area contributed by atoms with Crippen LogP contribution in [-0.2, 0) is 28.4 Å². The van der Waals surface area contributed by atoms with Crippen molar-refractivity contribution in [1.82, 2.24) is 9.88 Å². The van der Waals surface area contributed by atoms with Gasteiger partial charge >= 0.3 is 0 Å². The number of amides is 1. The molecule has 3 aromatic rings. The van der Waals surface area contributed by atoms with Gasteiger partial charge in [-0.05, 0) is 56.0 Å². The van der Waals surface area contributed by atoms with Crippen molar-refractivity contribution < 1.29 is 18.7 Å². The number of rotatable bonds is 6. The van der Waals surface area contributed by atoms with Gasteiger partial charge in [-0.15, -0.1) is 0 Å². The minimum Gasteiger partial charge on any atom is -0.497 e. The van der Waals surface area contributed by atoms with Crippen molar-refractivity contribution in [3.05, 3.63) is 65.6 Å². The fourth-order valence-electron chi connectivity index (χ4n) is 4.67. The molecule has 31 heavy (non-hydrogen) atoms. The summed E-state index contributed by atoms with van der Waals surface area (Å²) in [5.41, 5.74) is 1.80. The number of ether oxygens (including phenoxy) is 2. The number of nitrogens with zero attached hydrogens (tertiary/aromatic N) is 1. The predicted molar refractivity (Wildman–Crippen MR) is 119 cm³/mol. The van der Waals surface area contributed by atoms with Gasteiger partial charge in [0.25, 0.3) is 0 Å². The van der Waals surface area contributed by atoms with Gasteiger partial charge in [-0.2, -0.15) is 0 Å². The number of aromatic nitrogens is 1. The molecule has 0 radical (unpaired) electrons. The Kier molecular flexibility index (Phi) is 6.01. The van der Waals surface area contributed by atoms with E-state index in [0.29, 0.717) is 38.0 Å². The predicted octanol–water partition coefficient (Wildman–Crippen LogP) is 4.12. The molecule has 1 saturated heterocycles. The fraction of sp³-hybridized carbons (Fsp3) is 0.400. The zero-order valence-electron chi connectivity index (χ0n) is 18.3. The Labute approximate surface area is 182 Å². The second kappa shape index (κ2) is 8.71. The molecule has 5 nitrogen and oxygen atoms in total. The molecule has 4 rings (SSSR count). The van der Waals surface area contributed by atoms with E-state index in [1.165, 1.54) is 6.07 Å². The van der Waals surface area contributed by atoms with Crippen LogP contribution in [0.25, 0.3) is 10.9 Å². The Morgan fingerprint density at radius 2 is 2.00 bits per heavy atom. The Bertz CT molecular complexity index is 1090. The van der Waals surface area contributed by atoms with Crippen LogP contribution in [0.3, 0.4) is 0 Å². The molecule has 1 fully saturated rings. The zero-order valence-corrected chi connectivity index (χ0v) is 18.3. The smallest absolute Gasteiger partial charge is 0.231 e. The molecule has 1 unspecified atom stereocenters. The number of hydrogen-bond acceptors (Lipinski definition) is 3. The first-order valence-corrected chi connectivity index (χ1v) is 10.7. The van der Waals surface area contributed by atoms with Crippen LogP contribution < -0.4 is 10.1 Å². The highest BCUT2D eigenvalue weighted by molar-refractivity contribution is 5.89. The van der Waals surface area contributed by atoms with Gasteiger partial charge in [-0.3, -0.25) is 4.79 Å². The van der Waals surface area contributed by atoms with E-state index in [1.54, 1.807) is 25.3 Å². The highest BCUT2D eigenvalue weighted by Crippen LogP contribution is 2.37. The third-order valence-corrected chi connectivity index (χ3v) is 6.35. The van der Waals surface area contributed by atoms with Crippen LogP contribution in [0.2, 0.25) is 0 Å². The third-order valence-electron chi connectivity index (χ3n) is 6.35. The summed E-state index contributed by atoms with van der Waals surface area (Å²) in [7, 11) is 3.67. The number of methoxy groups -OCH3 is 1. The number of benzene rings is 2. The molecule has 164 valence electrons. The molecule has 0 aliphatic carbocycles. The monoisotopic (exact) mass is 424 g/mol. The molecule has 1 aromatic heterocycles. The quantitative estimate of drug-likeness (QED) is 0.648. The summed E-state index contributed by atoms with van der Waals surface area (Å²) >= 11 is 0. The average Bonchev–Trinajstić information content (AvgIpc) is 3.08. The van der Waals surface area contributed by atoms with E-state index in [9.17, 15) is 9.18 Å². The number of halogens is 1. The lowest BCUT2D eigenvalue weighted by atomic mass is 9.73. The van der Waals surface area contributed by atoms with Gasteiger partial charge in [0.1, 0.15) is 11.6 Å². The molecule has 1 amide bonds. The number of hydrogen-bond donors (Lipinski definition) is 1. The minimum atomic E-state index is -0.903. The molecule has 1 aliphatic heterocycles. The first-order valence-electron chi connectivity index (χ1n) is 10.7. The Hall–Kier alpha value is -2.86. The summed E-state index contributed by atoms with van der Waals surface area (Å²) in [6, 6.07) is 12.5. The van der Waals surface area contributed by atoms with Gasteiger partial charge in [-0.25, -0.2) is 4.39 Å². The molecule has 1 aliphatic rings. The SMILES string of the molecule is COc1ccc2c(c1)c(CC(C)NC(=O)C1(c3ccccc3F)CCOCC1)cn2C. The van der Waals surface area contributed by atoms with Crippen LogP contribution in [-0.4, -0.2) is 36.8 Å². The summed E-state index contributed by atoms with van der Waals surface area (Å²) < 4.78 is 27.6. The molecule has 0 saturated carbocycles. The van der Waals surface area contributed by atoms with Crippen LogP contribution >= 0.6 is 0 Å². The van der Waals surface area contributed by atoms with Crippen molar-refractivity contribution >= 4 is 16.8 Å². The van der Waals surface area contributed by atoms with E-state index < -0.39 is 5.41 Å². The minimum absolute atomic E-state index is 0.115. The summed E-state index contributed by atoms with van der Waals surface area (Å²) in [4.78, 5) is 13.5. The van der Waals surface area contributed by atoms with Crippen molar-refractivity contribution in [1.29, 1.82) is 0 Å². The second-order valence-corrected chi connectivity index (χ2v) is 8.40. The maximum absolute atomic E-state index is 14.7. The zero-order chi connectivity index (χ0) is 22.0. The first kappa shape index (κ1) is 21.4. The Morgan fingerprint density at radius 3 is 2.71 bits per heavy atom. The van der Waals surface area contributed by atoms with Gasteiger partial charge in [0.2, 0.25) is 5.91 Å². The number of fused-ring (bicyclic) bond motifs is 1. The van der Waals surface area contributed by atoms with Crippen LogP contribution in [0.4, 0.5) is 4.39 Å². The van der Waals surface area contributed by atoms with Crippen molar-refractivity contribution in [2.75, 3.05) is 20.3 Å². The number of nitrogens with one attached hydrogen (secondary N) is 1. The standard InChI is InChI=1S/C25H29FN2O3/c1-17(14-18-16-28(2)23-9-8-19(30-3)15-20(18)23)27-24(29)25(10-12-31-13-11-25)21-6-4-5-7-22(21)26/h4-9,15-17H,10-14H2,1-3H3,(H,27,29). The lowest BCUT2D eigenvalue weighted by molar-refractivity contribution is -0.131. The second-order valence-electron chi connectivity index (χ2n) is 8.40. The van der Waals surface area contributed by atoms with E-state index >= 15 is 0 Å². The van der Waals surface area contributed by atoms with Crippen LogP contribution in [0.15, 0.2) is 48.7 Å². The Balaban J connectivity index is 1.58. The average molecular weight is 425 g/mol. The molecule has 1 N–H and O–H groups in total. The summed E-state index contributed by atoms with van der Waals surface area (Å²) in [5, 5.41) is 4.27. The number of aryl methyl sites for hydroxylation is 1. The van der Waals surface area contributed by atoms with Crippen molar-refractivity contribution in [2.45, 2.75) is 37.6 Å². The van der Waals surface area contributed by atoms with E-state index in [-0.39, 0.29) is 17.8 Å². The van der Waals surface area contributed by atoms with Crippen molar-refractivity contribution in [3.63, 3.8) is 0 Å². The highest BCUT2D eigenvalue weighted by Gasteiger charge is 2.43. The summed E-state index contributed by atoms with van der Waals surface area (Å²) in [6.45, 7) is 2.88. The highest BCUT2D eigenvalue weighted by atomic mass is 19.1. The molecule has 0 spiro atoms. The first-order chi connectivity index (χ1) is 14.9. The number of carbonyl (C=O) groups excluding carboxylic acids is 1. The van der Waals surface area contributed by atoms with Crippen molar-refractivity contribution in [2.24, 2.45) is 7.05 Å². The maximum atomic E-state index is 14.7. The van der Waals surface area contributed by atoms with E-state index in [4.69, 9.17) is 9.47 Å². The molecular weight excluding hydrogens is 395 g/mol. The largest absolute Gasteiger partial charge is 0.497 e. The molecule has 0 bridgehead atoms. The van der Waals surface area contributed by atoms with Gasteiger partial charge in [0.15, 0.2) is 0 Å². The summed E-state index contributed by atoms with van der Waals surface area (Å²) in [6.07, 6.45) is 3.70. The van der Waals surface area contributed by atoms with Crippen LogP contribution in [0.1, 0.15) is 30.9 Å². The summed E-state index contributed by atoms with van der Waals surface area (Å²) in [5.74, 6) is 0.330. The molecule has 1 atom stereocenters. The molecule has 2 heterocycles. The van der Waals surface area contributed by atoms with Crippen LogP contribution in [0, 0.1) is 5.82 Å². The van der Waals surface area contributed by atoms with Crippen LogP contribution in [0.5, 0.6) is 5.75 Å². The van der Waals surface area contributed by atoms with E-state index in [0.717, 1.165) is 22.2 Å².